The van der Waals surface area contributed by atoms with Crippen LogP contribution in [0.25, 0.3) is 0 Å². The largest absolute Gasteiger partial charge is 0.350 e. The Morgan fingerprint density at radius 3 is 2.15 bits per heavy atom. The van der Waals surface area contributed by atoms with E-state index in [-0.39, 0.29) is 30.2 Å². The van der Waals surface area contributed by atoms with Crippen LogP contribution in [0, 0.1) is 5.92 Å². The predicted octanol–water partition coefficient (Wildman–Crippen LogP) is 2.33. The number of hydrogen-bond donors (Lipinski definition) is 3. The molecule has 0 aromatic heterocycles. The van der Waals surface area contributed by atoms with E-state index in [1.54, 1.807) is 36.4 Å². The Hall–Kier alpha value is -3.15. The average molecular weight is 353 g/mol. The summed E-state index contributed by atoms with van der Waals surface area (Å²) in [5, 5.41) is 8.13. The molecule has 3 amide bonds. The van der Waals surface area contributed by atoms with Crippen molar-refractivity contribution in [3.8, 4) is 0 Å². The van der Waals surface area contributed by atoms with Crippen molar-refractivity contribution < 1.29 is 14.4 Å². The minimum Gasteiger partial charge on any atom is -0.350 e. The lowest BCUT2D eigenvalue weighted by Crippen LogP contribution is -2.36. The summed E-state index contributed by atoms with van der Waals surface area (Å²) in [5.74, 6) is -0.683. The minimum absolute atomic E-state index is 0.0415. The van der Waals surface area contributed by atoms with E-state index in [1.165, 1.54) is 0 Å². The van der Waals surface area contributed by atoms with Gasteiger partial charge in [-0.25, -0.2) is 0 Å². The molecule has 26 heavy (non-hydrogen) atoms. The highest BCUT2D eigenvalue weighted by atomic mass is 16.2. The van der Waals surface area contributed by atoms with Crippen molar-refractivity contribution in [1.29, 1.82) is 0 Å². The number of benzene rings is 2. The van der Waals surface area contributed by atoms with E-state index in [4.69, 9.17) is 0 Å². The second-order valence-corrected chi connectivity index (χ2v) is 6.17. The van der Waals surface area contributed by atoms with E-state index in [1.807, 2.05) is 32.0 Å². The number of carbonyl (C=O) groups excluding carboxylic acids is 3. The Labute approximate surface area is 153 Å². The first-order valence-corrected chi connectivity index (χ1v) is 8.45. The summed E-state index contributed by atoms with van der Waals surface area (Å²) < 4.78 is 0. The number of amides is 3. The average Bonchev–Trinajstić information content (AvgIpc) is 2.66. The summed E-state index contributed by atoms with van der Waals surface area (Å²) in [6, 6.07) is 16.0. The van der Waals surface area contributed by atoms with Gasteiger partial charge in [-0.15, -0.1) is 0 Å². The van der Waals surface area contributed by atoms with Crippen LogP contribution in [0.5, 0.6) is 0 Å². The van der Waals surface area contributed by atoms with Gasteiger partial charge in [0.15, 0.2) is 0 Å². The van der Waals surface area contributed by atoms with Crippen molar-refractivity contribution >= 4 is 23.4 Å². The van der Waals surface area contributed by atoms with Gasteiger partial charge >= 0.3 is 0 Å². The quantitative estimate of drug-likeness (QED) is 0.714. The molecule has 0 saturated carbocycles. The topological polar surface area (TPSA) is 87.3 Å². The second-order valence-electron chi connectivity index (χ2n) is 6.17. The molecule has 0 radical (unpaired) electrons. The third kappa shape index (κ3) is 6.05. The Balaban J connectivity index is 1.75. The first-order valence-electron chi connectivity index (χ1n) is 8.45. The first-order chi connectivity index (χ1) is 12.5. The van der Waals surface area contributed by atoms with Crippen LogP contribution in [0.4, 0.5) is 5.69 Å². The third-order valence-electron chi connectivity index (χ3n) is 3.68. The Bertz CT molecular complexity index is 756. The van der Waals surface area contributed by atoms with Crippen LogP contribution in [-0.4, -0.2) is 24.3 Å². The van der Waals surface area contributed by atoms with E-state index < -0.39 is 0 Å². The molecular weight excluding hydrogens is 330 g/mol. The molecule has 0 aliphatic heterocycles. The Morgan fingerprint density at radius 1 is 0.885 bits per heavy atom. The molecule has 0 heterocycles. The van der Waals surface area contributed by atoms with Gasteiger partial charge in [0.25, 0.3) is 5.91 Å². The van der Waals surface area contributed by atoms with Gasteiger partial charge < -0.3 is 16.0 Å². The highest BCUT2D eigenvalue weighted by Gasteiger charge is 2.08. The van der Waals surface area contributed by atoms with E-state index in [9.17, 15) is 14.4 Å². The van der Waals surface area contributed by atoms with Crippen molar-refractivity contribution in [2.24, 2.45) is 5.92 Å². The maximum Gasteiger partial charge on any atom is 0.251 e. The van der Waals surface area contributed by atoms with Crippen LogP contribution in [0.2, 0.25) is 0 Å². The second kappa shape index (κ2) is 9.36. The number of anilines is 1. The molecule has 0 aliphatic rings. The maximum absolute atomic E-state index is 11.9. The molecule has 0 atom stereocenters. The van der Waals surface area contributed by atoms with Crippen LogP contribution in [-0.2, 0) is 16.1 Å². The normalized spacial score (nSPS) is 10.3. The summed E-state index contributed by atoms with van der Waals surface area (Å²) >= 11 is 0. The Morgan fingerprint density at radius 2 is 1.54 bits per heavy atom. The monoisotopic (exact) mass is 353 g/mol. The molecule has 3 N–H and O–H groups in total. The van der Waals surface area contributed by atoms with Crippen molar-refractivity contribution in [3.63, 3.8) is 0 Å². The highest BCUT2D eigenvalue weighted by molar-refractivity contribution is 5.96. The zero-order valence-electron chi connectivity index (χ0n) is 14.9. The molecule has 0 bridgehead atoms. The summed E-state index contributed by atoms with van der Waals surface area (Å²) in [5.41, 5.74) is 2.13. The molecule has 2 aromatic rings. The predicted molar refractivity (Wildman–Crippen MR) is 101 cm³/mol. The van der Waals surface area contributed by atoms with Crippen molar-refractivity contribution in [1.82, 2.24) is 10.6 Å². The molecule has 6 heteroatoms. The molecule has 0 fully saturated rings. The number of nitrogens with one attached hydrogen (secondary N) is 3. The summed E-state index contributed by atoms with van der Waals surface area (Å²) in [6.07, 6.45) is 0. The fourth-order valence-corrected chi connectivity index (χ4v) is 2.11. The third-order valence-corrected chi connectivity index (χ3v) is 3.68. The highest BCUT2D eigenvalue weighted by Crippen LogP contribution is 2.10. The van der Waals surface area contributed by atoms with Crippen LogP contribution in [0.3, 0.4) is 0 Å². The zero-order valence-corrected chi connectivity index (χ0v) is 14.9. The summed E-state index contributed by atoms with van der Waals surface area (Å²) in [4.78, 5) is 35.4. The number of rotatable bonds is 7. The van der Waals surface area contributed by atoms with Crippen molar-refractivity contribution in [3.05, 3.63) is 65.7 Å². The van der Waals surface area contributed by atoms with Gasteiger partial charge in [0.1, 0.15) is 0 Å². The summed E-state index contributed by atoms with van der Waals surface area (Å²) in [7, 11) is 0. The van der Waals surface area contributed by atoms with Crippen LogP contribution in [0.1, 0.15) is 29.8 Å². The van der Waals surface area contributed by atoms with Crippen molar-refractivity contribution in [2.45, 2.75) is 20.4 Å². The lowest BCUT2D eigenvalue weighted by molar-refractivity contribution is -0.120. The van der Waals surface area contributed by atoms with E-state index in [0.717, 1.165) is 5.56 Å². The van der Waals surface area contributed by atoms with E-state index >= 15 is 0 Å². The van der Waals surface area contributed by atoms with E-state index in [0.29, 0.717) is 17.8 Å². The van der Waals surface area contributed by atoms with Gasteiger partial charge in [-0.2, -0.15) is 0 Å². The first kappa shape index (κ1) is 19.2. The molecule has 0 spiro atoms. The van der Waals surface area contributed by atoms with Gasteiger partial charge in [-0.05, 0) is 29.8 Å². The number of carbonyl (C=O) groups is 3. The van der Waals surface area contributed by atoms with Gasteiger partial charge in [0, 0.05) is 23.7 Å². The zero-order chi connectivity index (χ0) is 18.9. The molecule has 136 valence electrons. The smallest absolute Gasteiger partial charge is 0.251 e. The fourth-order valence-electron chi connectivity index (χ4n) is 2.11. The van der Waals surface area contributed by atoms with Gasteiger partial charge in [-0.3, -0.25) is 14.4 Å². The van der Waals surface area contributed by atoms with Crippen LogP contribution < -0.4 is 16.0 Å². The van der Waals surface area contributed by atoms with Crippen molar-refractivity contribution in [2.75, 3.05) is 11.9 Å². The van der Waals surface area contributed by atoms with Crippen LogP contribution in [0.15, 0.2) is 54.6 Å². The van der Waals surface area contributed by atoms with Gasteiger partial charge in [0.2, 0.25) is 11.8 Å². The number of hydrogen-bond acceptors (Lipinski definition) is 3. The maximum atomic E-state index is 11.9. The molecule has 2 rings (SSSR count). The fraction of sp³-hybridized carbons (Fsp3) is 0.250. The van der Waals surface area contributed by atoms with E-state index in [2.05, 4.69) is 16.0 Å². The standard InChI is InChI=1S/C20H23N3O3/c1-14(2)19(25)23-17-10-8-15(9-11-17)12-21-18(24)13-22-20(26)16-6-4-3-5-7-16/h3-11,14H,12-13H2,1-2H3,(H,21,24)(H,22,26)(H,23,25). The molecular formula is C20H23N3O3. The lowest BCUT2D eigenvalue weighted by Gasteiger charge is -2.09. The SMILES string of the molecule is CC(C)C(=O)Nc1ccc(CNC(=O)CNC(=O)c2ccccc2)cc1. The Kier molecular flexibility index (Phi) is 6.91. The lowest BCUT2D eigenvalue weighted by atomic mass is 10.1. The molecule has 6 nitrogen and oxygen atoms in total. The van der Waals surface area contributed by atoms with Gasteiger partial charge in [-0.1, -0.05) is 44.2 Å². The van der Waals surface area contributed by atoms with Crippen LogP contribution >= 0.6 is 0 Å². The molecule has 0 saturated heterocycles. The minimum atomic E-state index is -0.286. The molecule has 0 aliphatic carbocycles. The summed E-state index contributed by atoms with van der Waals surface area (Å²) in [6.45, 7) is 3.92. The van der Waals surface area contributed by atoms with Gasteiger partial charge in [0.05, 0.1) is 6.54 Å². The molecule has 0 unspecified atom stereocenters. The molecule has 2 aromatic carbocycles.